The van der Waals surface area contributed by atoms with Gasteiger partial charge in [0.25, 0.3) is 11.8 Å². The molecule has 0 spiro atoms. The van der Waals surface area contributed by atoms with Crippen molar-refractivity contribution < 1.29 is 19.5 Å². The number of aliphatic carboxylic acids is 1. The van der Waals surface area contributed by atoms with Gasteiger partial charge in [-0.05, 0) is 35.4 Å². The maximum atomic E-state index is 12.9. The van der Waals surface area contributed by atoms with E-state index in [1.165, 1.54) is 30.7 Å². The number of hydrogen-bond donors (Lipinski definition) is 3. The third kappa shape index (κ3) is 6.00. The molecule has 3 N–H and O–H groups in total. The van der Waals surface area contributed by atoms with Crippen molar-refractivity contribution in [3.8, 4) is 0 Å². The number of nitrogens with zero attached hydrogens (tertiary/aromatic N) is 2. The lowest BCUT2D eigenvalue weighted by molar-refractivity contribution is -0.132. The highest BCUT2D eigenvalue weighted by atomic mass is 35.5. The maximum absolute atomic E-state index is 12.9. The minimum absolute atomic E-state index is 0.0202. The molecule has 0 aliphatic rings. The van der Waals surface area contributed by atoms with Gasteiger partial charge in [0.1, 0.15) is 10.9 Å². The van der Waals surface area contributed by atoms with Gasteiger partial charge in [-0.2, -0.15) is 0 Å². The lowest BCUT2D eigenvalue weighted by atomic mass is 9.95. The summed E-state index contributed by atoms with van der Waals surface area (Å²) in [4.78, 5) is 45.7. The number of aromatic nitrogens is 2. The molecule has 8 nitrogen and oxygen atoms in total. The number of benzene rings is 2. The van der Waals surface area contributed by atoms with Gasteiger partial charge in [0.15, 0.2) is 0 Å². The Balaban J connectivity index is 1.72. The molecule has 2 amide bonds. The first-order valence-corrected chi connectivity index (χ1v) is 12.0. The molecule has 2 heterocycles. The Morgan fingerprint density at radius 1 is 0.763 bits per heavy atom. The Bertz CT molecular complexity index is 1540. The van der Waals surface area contributed by atoms with Gasteiger partial charge in [-0.1, -0.05) is 77.3 Å². The van der Waals surface area contributed by atoms with Crippen LogP contribution in [0.3, 0.4) is 0 Å². The van der Waals surface area contributed by atoms with Crippen molar-refractivity contribution in [1.29, 1.82) is 0 Å². The summed E-state index contributed by atoms with van der Waals surface area (Å²) in [5, 5.41) is 15.4. The zero-order chi connectivity index (χ0) is 27.2. The SMILES string of the molecule is O=C(O)C(NC(=O)c1cccnc1Cl)=C(c1ccccc1)c1ccc(NC(=O)c2c(Cl)cncc2Cl)cc1. The average Bonchev–Trinajstić information content (AvgIpc) is 2.90. The van der Waals surface area contributed by atoms with Gasteiger partial charge in [0.05, 0.1) is 21.2 Å². The van der Waals surface area contributed by atoms with Gasteiger partial charge >= 0.3 is 5.97 Å². The fraction of sp³-hybridized carbons (Fsp3) is 0. The molecule has 0 unspecified atom stereocenters. The summed E-state index contributed by atoms with van der Waals surface area (Å²) in [6.07, 6.45) is 4.03. The summed E-state index contributed by atoms with van der Waals surface area (Å²) in [6.45, 7) is 0. The van der Waals surface area contributed by atoms with Gasteiger partial charge < -0.3 is 15.7 Å². The highest BCUT2D eigenvalue weighted by molar-refractivity contribution is 6.40. The molecule has 2 aromatic carbocycles. The van der Waals surface area contributed by atoms with Gasteiger partial charge in [-0.25, -0.2) is 9.78 Å². The molecule has 0 radical (unpaired) electrons. The molecule has 4 aromatic rings. The zero-order valence-electron chi connectivity index (χ0n) is 19.3. The molecule has 0 saturated carbocycles. The normalized spacial score (nSPS) is 11.3. The molecule has 38 heavy (non-hydrogen) atoms. The molecule has 2 aromatic heterocycles. The number of carbonyl (C=O) groups excluding carboxylic acids is 2. The Hall–Kier alpha value is -4.24. The number of amides is 2. The minimum atomic E-state index is -1.36. The lowest BCUT2D eigenvalue weighted by Gasteiger charge is -2.16. The van der Waals surface area contributed by atoms with E-state index in [-0.39, 0.29) is 37.6 Å². The molecule has 190 valence electrons. The fourth-order valence-corrected chi connectivity index (χ4v) is 4.30. The Morgan fingerprint density at radius 3 is 2.00 bits per heavy atom. The van der Waals surface area contributed by atoms with E-state index in [0.717, 1.165) is 0 Å². The number of pyridine rings is 2. The second-order valence-corrected chi connectivity index (χ2v) is 8.90. The number of carbonyl (C=O) groups is 3. The molecule has 0 atom stereocenters. The molecule has 0 bridgehead atoms. The zero-order valence-corrected chi connectivity index (χ0v) is 21.6. The summed E-state index contributed by atoms with van der Waals surface area (Å²) < 4.78 is 0. The molecule has 11 heteroatoms. The highest BCUT2D eigenvalue weighted by Crippen LogP contribution is 2.29. The number of carboxylic acid groups (broad SMARTS) is 1. The van der Waals surface area contributed by atoms with E-state index in [9.17, 15) is 19.5 Å². The molecular formula is C27H17Cl3N4O4. The molecule has 4 rings (SSSR count). The minimum Gasteiger partial charge on any atom is -0.477 e. The molecule has 0 fully saturated rings. The monoisotopic (exact) mass is 566 g/mol. The third-order valence-electron chi connectivity index (χ3n) is 5.28. The summed E-state index contributed by atoms with van der Waals surface area (Å²) in [7, 11) is 0. The predicted octanol–water partition coefficient (Wildman–Crippen LogP) is 5.96. The number of hydrogen-bond acceptors (Lipinski definition) is 5. The van der Waals surface area contributed by atoms with Gasteiger partial charge in [-0.3, -0.25) is 14.6 Å². The van der Waals surface area contributed by atoms with E-state index in [1.54, 1.807) is 54.6 Å². The van der Waals surface area contributed by atoms with Gasteiger partial charge in [0.2, 0.25) is 0 Å². The summed E-state index contributed by atoms with van der Waals surface area (Å²) in [5.41, 5.74) is 1.36. The van der Waals surface area contributed by atoms with Crippen LogP contribution in [0.25, 0.3) is 5.57 Å². The van der Waals surface area contributed by atoms with E-state index >= 15 is 0 Å². The summed E-state index contributed by atoms with van der Waals surface area (Å²) in [6, 6.07) is 18.0. The average molecular weight is 568 g/mol. The van der Waals surface area contributed by atoms with Crippen LogP contribution in [0, 0.1) is 0 Å². The topological polar surface area (TPSA) is 121 Å². The Morgan fingerprint density at radius 2 is 1.39 bits per heavy atom. The van der Waals surface area contributed by atoms with E-state index in [2.05, 4.69) is 20.6 Å². The quantitative estimate of drug-likeness (QED) is 0.187. The second kappa shape index (κ2) is 11.9. The highest BCUT2D eigenvalue weighted by Gasteiger charge is 2.23. The molecule has 0 aliphatic carbocycles. The van der Waals surface area contributed by atoms with Crippen LogP contribution >= 0.6 is 34.8 Å². The fourth-order valence-electron chi connectivity index (χ4n) is 3.56. The third-order valence-corrected chi connectivity index (χ3v) is 6.15. The van der Waals surface area contributed by atoms with Crippen LogP contribution in [0.5, 0.6) is 0 Å². The van der Waals surface area contributed by atoms with Crippen LogP contribution in [-0.2, 0) is 4.79 Å². The summed E-state index contributed by atoms with van der Waals surface area (Å²) >= 11 is 18.2. The van der Waals surface area contributed by atoms with Crippen LogP contribution in [0.15, 0.2) is 91.0 Å². The van der Waals surface area contributed by atoms with Crippen LogP contribution < -0.4 is 10.6 Å². The molecule has 0 saturated heterocycles. The van der Waals surface area contributed by atoms with Gasteiger partial charge in [0, 0.05) is 29.9 Å². The van der Waals surface area contributed by atoms with Crippen molar-refractivity contribution in [1.82, 2.24) is 15.3 Å². The first-order valence-electron chi connectivity index (χ1n) is 10.9. The van der Waals surface area contributed by atoms with Crippen LogP contribution in [0.2, 0.25) is 15.2 Å². The van der Waals surface area contributed by atoms with Crippen molar-refractivity contribution in [2.45, 2.75) is 0 Å². The largest absolute Gasteiger partial charge is 0.477 e. The standard InChI is InChI=1S/C27H17Cl3N4O4/c28-19-13-31-14-20(29)22(19)26(36)33-17-10-8-16(9-11-17)21(15-5-2-1-3-6-15)23(27(37)38)34-25(35)18-7-4-12-32-24(18)30/h1-14H,(H,33,36)(H,34,35)(H,37,38). The first kappa shape index (κ1) is 26.8. The van der Waals surface area contributed by atoms with E-state index in [4.69, 9.17) is 34.8 Å². The van der Waals surface area contributed by atoms with Crippen LogP contribution in [-0.4, -0.2) is 32.9 Å². The molecule has 0 aliphatic heterocycles. The van der Waals surface area contributed by atoms with Crippen molar-refractivity contribution in [2.24, 2.45) is 0 Å². The number of anilines is 1. The molecular weight excluding hydrogens is 551 g/mol. The maximum Gasteiger partial charge on any atom is 0.353 e. The first-order chi connectivity index (χ1) is 18.3. The predicted molar refractivity (Wildman–Crippen MR) is 145 cm³/mol. The second-order valence-electron chi connectivity index (χ2n) is 7.73. The Kier molecular flexibility index (Phi) is 8.38. The summed E-state index contributed by atoms with van der Waals surface area (Å²) in [5.74, 6) is -2.64. The number of halogens is 3. The van der Waals surface area contributed by atoms with Crippen molar-refractivity contribution in [3.63, 3.8) is 0 Å². The Labute approximate surface area is 231 Å². The number of nitrogens with one attached hydrogen (secondary N) is 2. The van der Waals surface area contributed by atoms with Crippen LogP contribution in [0.4, 0.5) is 5.69 Å². The van der Waals surface area contributed by atoms with Crippen LogP contribution in [0.1, 0.15) is 31.8 Å². The smallest absolute Gasteiger partial charge is 0.353 e. The number of rotatable bonds is 7. The van der Waals surface area contributed by atoms with E-state index < -0.39 is 17.8 Å². The number of carboxylic acids is 1. The van der Waals surface area contributed by atoms with Crippen molar-refractivity contribution in [2.75, 3.05) is 5.32 Å². The van der Waals surface area contributed by atoms with Crippen molar-refractivity contribution in [3.05, 3.63) is 128 Å². The van der Waals surface area contributed by atoms with E-state index in [1.807, 2.05) is 0 Å². The van der Waals surface area contributed by atoms with E-state index in [0.29, 0.717) is 16.8 Å². The lowest BCUT2D eigenvalue weighted by Crippen LogP contribution is -2.29. The van der Waals surface area contributed by atoms with Gasteiger partial charge in [-0.15, -0.1) is 0 Å². The van der Waals surface area contributed by atoms with Crippen molar-refractivity contribution >= 4 is 63.8 Å².